The predicted molar refractivity (Wildman–Crippen MR) is 78.1 cm³/mol. The van der Waals surface area contributed by atoms with Crippen molar-refractivity contribution in [1.29, 1.82) is 0 Å². The van der Waals surface area contributed by atoms with Gasteiger partial charge in [-0.2, -0.15) is 0 Å². The second-order valence-electron chi connectivity index (χ2n) is 5.37. The van der Waals surface area contributed by atoms with Gasteiger partial charge in [0.05, 0.1) is 5.69 Å². The van der Waals surface area contributed by atoms with E-state index in [4.69, 9.17) is 0 Å². The van der Waals surface area contributed by atoms with E-state index in [1.807, 2.05) is 41.5 Å². The number of nitrogens with one attached hydrogen (secondary N) is 1. The van der Waals surface area contributed by atoms with E-state index in [1.165, 1.54) is 0 Å². The molecule has 1 fully saturated rings. The van der Waals surface area contributed by atoms with E-state index in [0.29, 0.717) is 5.69 Å². The van der Waals surface area contributed by atoms with E-state index >= 15 is 0 Å². The molecule has 0 unspecified atom stereocenters. The van der Waals surface area contributed by atoms with Crippen LogP contribution in [-0.2, 0) is 0 Å². The van der Waals surface area contributed by atoms with Crippen molar-refractivity contribution in [3.8, 4) is 0 Å². The lowest BCUT2D eigenvalue weighted by atomic mass is 10.2. The molecule has 2 aromatic heterocycles. The van der Waals surface area contributed by atoms with Crippen LogP contribution in [-0.4, -0.2) is 46.4 Å². The highest BCUT2D eigenvalue weighted by Crippen LogP contribution is 2.16. The molecule has 5 nitrogen and oxygen atoms in total. The van der Waals surface area contributed by atoms with Gasteiger partial charge in [-0.1, -0.05) is 0 Å². The molecule has 0 atom stereocenters. The molecule has 2 aromatic rings. The summed E-state index contributed by atoms with van der Waals surface area (Å²) in [5.41, 5.74) is 3.50. The van der Waals surface area contributed by atoms with Crippen molar-refractivity contribution < 1.29 is 4.79 Å². The smallest absolute Gasteiger partial charge is 0.272 e. The van der Waals surface area contributed by atoms with Crippen LogP contribution in [0.3, 0.4) is 0 Å². The molecule has 0 aliphatic carbocycles. The minimum Gasteiger partial charge on any atom is -0.336 e. The number of nitrogens with zero attached hydrogens (tertiary/aromatic N) is 3. The Bertz CT molecular complexity index is 639. The number of hydrogen-bond acceptors (Lipinski definition) is 3. The fourth-order valence-electron chi connectivity index (χ4n) is 2.72. The number of rotatable bonds is 1. The van der Waals surface area contributed by atoms with Gasteiger partial charge in [0.1, 0.15) is 11.3 Å². The number of carbonyl (C=O) groups excluding carboxylic acids is 1. The number of amides is 1. The van der Waals surface area contributed by atoms with Crippen LogP contribution in [0.15, 0.2) is 18.3 Å². The molecule has 1 saturated heterocycles. The quantitative estimate of drug-likeness (QED) is 0.853. The fourth-order valence-corrected chi connectivity index (χ4v) is 2.72. The van der Waals surface area contributed by atoms with Crippen molar-refractivity contribution in [2.75, 3.05) is 26.2 Å². The fraction of sp³-hybridized carbons (Fsp3) is 0.467. The maximum absolute atomic E-state index is 12.8. The first-order valence-electron chi connectivity index (χ1n) is 7.12. The van der Waals surface area contributed by atoms with Gasteiger partial charge >= 0.3 is 0 Å². The SMILES string of the molecule is Cc1ccn2c(C(=O)N3CCCNCC3)c(C)nc2c1. The van der Waals surface area contributed by atoms with E-state index in [0.717, 1.165) is 49.5 Å². The third kappa shape index (κ3) is 2.29. The highest BCUT2D eigenvalue weighted by atomic mass is 16.2. The molecule has 20 heavy (non-hydrogen) atoms. The Morgan fingerprint density at radius 1 is 1.30 bits per heavy atom. The van der Waals surface area contributed by atoms with Crippen LogP contribution in [0.4, 0.5) is 0 Å². The van der Waals surface area contributed by atoms with Gasteiger partial charge in [0, 0.05) is 25.8 Å². The zero-order valence-corrected chi connectivity index (χ0v) is 12.0. The molecule has 0 bridgehead atoms. The van der Waals surface area contributed by atoms with Crippen LogP contribution in [0.5, 0.6) is 0 Å². The molecule has 1 aliphatic rings. The maximum Gasteiger partial charge on any atom is 0.272 e. The van der Waals surface area contributed by atoms with Crippen molar-refractivity contribution in [2.45, 2.75) is 20.3 Å². The summed E-state index contributed by atoms with van der Waals surface area (Å²) >= 11 is 0. The van der Waals surface area contributed by atoms with Crippen LogP contribution in [0.2, 0.25) is 0 Å². The summed E-state index contributed by atoms with van der Waals surface area (Å²) in [4.78, 5) is 19.2. The third-order valence-corrected chi connectivity index (χ3v) is 3.79. The number of pyridine rings is 1. The zero-order valence-electron chi connectivity index (χ0n) is 12.0. The van der Waals surface area contributed by atoms with Gasteiger partial charge in [-0.3, -0.25) is 9.20 Å². The minimum atomic E-state index is 0.0857. The molecule has 0 aromatic carbocycles. The largest absolute Gasteiger partial charge is 0.336 e. The van der Waals surface area contributed by atoms with Gasteiger partial charge in [-0.15, -0.1) is 0 Å². The lowest BCUT2D eigenvalue weighted by Crippen LogP contribution is -2.35. The molecule has 3 rings (SSSR count). The van der Waals surface area contributed by atoms with Crippen molar-refractivity contribution in [1.82, 2.24) is 19.6 Å². The molecular weight excluding hydrogens is 252 g/mol. The van der Waals surface area contributed by atoms with Crippen LogP contribution < -0.4 is 5.32 Å². The molecule has 0 saturated carbocycles. The van der Waals surface area contributed by atoms with E-state index in [1.54, 1.807) is 0 Å². The number of aryl methyl sites for hydroxylation is 2. The molecule has 3 heterocycles. The molecule has 1 amide bonds. The van der Waals surface area contributed by atoms with Crippen molar-refractivity contribution in [2.24, 2.45) is 0 Å². The van der Waals surface area contributed by atoms with Crippen LogP contribution in [0.1, 0.15) is 28.2 Å². The normalized spacial score (nSPS) is 16.4. The van der Waals surface area contributed by atoms with Crippen molar-refractivity contribution >= 4 is 11.6 Å². The van der Waals surface area contributed by atoms with Crippen LogP contribution in [0, 0.1) is 13.8 Å². The van der Waals surface area contributed by atoms with Gasteiger partial charge < -0.3 is 10.2 Å². The number of hydrogen-bond donors (Lipinski definition) is 1. The molecule has 1 aliphatic heterocycles. The van der Waals surface area contributed by atoms with E-state index in [2.05, 4.69) is 10.3 Å². The zero-order chi connectivity index (χ0) is 14.1. The summed E-state index contributed by atoms with van der Waals surface area (Å²) in [5, 5.41) is 3.32. The summed E-state index contributed by atoms with van der Waals surface area (Å²) in [6.45, 7) is 7.36. The third-order valence-electron chi connectivity index (χ3n) is 3.79. The maximum atomic E-state index is 12.8. The van der Waals surface area contributed by atoms with Gasteiger partial charge in [0.25, 0.3) is 5.91 Å². The Morgan fingerprint density at radius 2 is 2.15 bits per heavy atom. The summed E-state index contributed by atoms with van der Waals surface area (Å²) in [7, 11) is 0. The highest BCUT2D eigenvalue weighted by molar-refractivity contribution is 5.94. The molecule has 0 radical (unpaired) electrons. The first kappa shape index (κ1) is 13.1. The molecule has 1 N–H and O–H groups in total. The van der Waals surface area contributed by atoms with E-state index < -0.39 is 0 Å². The van der Waals surface area contributed by atoms with Gasteiger partial charge in [-0.25, -0.2) is 4.98 Å². The monoisotopic (exact) mass is 272 g/mol. The number of imidazole rings is 1. The Hall–Kier alpha value is -1.88. The number of carbonyl (C=O) groups is 1. The number of aromatic nitrogens is 2. The summed E-state index contributed by atoms with van der Waals surface area (Å²) in [6, 6.07) is 4.02. The van der Waals surface area contributed by atoms with Gasteiger partial charge in [-0.05, 0) is 44.5 Å². The van der Waals surface area contributed by atoms with Gasteiger partial charge in [0.15, 0.2) is 0 Å². The molecule has 5 heteroatoms. The summed E-state index contributed by atoms with van der Waals surface area (Å²) in [6.07, 6.45) is 2.94. The van der Waals surface area contributed by atoms with Crippen molar-refractivity contribution in [3.63, 3.8) is 0 Å². The molecular formula is C15H20N4O. The lowest BCUT2D eigenvalue weighted by Gasteiger charge is -2.20. The number of fused-ring (bicyclic) bond motifs is 1. The Morgan fingerprint density at radius 3 is 3.00 bits per heavy atom. The summed E-state index contributed by atoms with van der Waals surface area (Å²) in [5.74, 6) is 0.0857. The lowest BCUT2D eigenvalue weighted by molar-refractivity contribution is 0.0758. The molecule has 106 valence electrons. The van der Waals surface area contributed by atoms with Gasteiger partial charge in [0.2, 0.25) is 0 Å². The summed E-state index contributed by atoms with van der Waals surface area (Å²) < 4.78 is 1.91. The Kier molecular flexibility index (Phi) is 3.44. The second kappa shape index (κ2) is 5.25. The highest BCUT2D eigenvalue weighted by Gasteiger charge is 2.23. The van der Waals surface area contributed by atoms with Crippen LogP contribution >= 0.6 is 0 Å². The molecule has 0 spiro atoms. The standard InChI is InChI=1S/C15H20N4O/c1-11-4-8-19-13(10-11)17-12(2)14(19)15(20)18-7-3-5-16-6-9-18/h4,8,10,16H,3,5-7,9H2,1-2H3. The predicted octanol–water partition coefficient (Wildman–Crippen LogP) is 1.39. The second-order valence-corrected chi connectivity index (χ2v) is 5.37. The average molecular weight is 272 g/mol. The van der Waals surface area contributed by atoms with E-state index in [9.17, 15) is 4.79 Å². The minimum absolute atomic E-state index is 0.0857. The topological polar surface area (TPSA) is 49.6 Å². The van der Waals surface area contributed by atoms with Crippen molar-refractivity contribution in [3.05, 3.63) is 35.3 Å². The Balaban J connectivity index is 2.00. The average Bonchev–Trinajstić information content (AvgIpc) is 2.62. The van der Waals surface area contributed by atoms with E-state index in [-0.39, 0.29) is 5.91 Å². The first-order valence-corrected chi connectivity index (χ1v) is 7.12. The Labute approximate surface area is 118 Å². The van der Waals surface area contributed by atoms with Crippen LogP contribution in [0.25, 0.3) is 5.65 Å². The first-order chi connectivity index (χ1) is 9.66.